The average molecular weight is 370 g/mol. The lowest BCUT2D eigenvalue weighted by Gasteiger charge is -2.06. The van der Waals surface area contributed by atoms with Gasteiger partial charge in [-0.3, -0.25) is 4.72 Å². The monoisotopic (exact) mass is 369 g/mol. The number of hydrogen-bond acceptors (Lipinski definition) is 3. The molecule has 0 saturated heterocycles. The van der Waals surface area contributed by atoms with Crippen LogP contribution in [0.3, 0.4) is 0 Å². The second-order valence-corrected chi connectivity index (χ2v) is 6.93. The number of aromatic nitrogens is 2. The molecule has 3 aromatic rings. The van der Waals surface area contributed by atoms with Crippen LogP contribution in [0, 0.1) is 11.6 Å². The fraction of sp³-hybridized carbons (Fsp3) is 0. The fourth-order valence-corrected chi connectivity index (χ4v) is 3.33. The predicted octanol–water partition coefficient (Wildman–Crippen LogP) is 3.60. The molecule has 24 heavy (non-hydrogen) atoms. The number of nitrogens with zero attached hydrogens (tertiary/aromatic N) is 2. The van der Waals surface area contributed by atoms with Crippen molar-refractivity contribution < 1.29 is 17.2 Å². The lowest BCUT2D eigenvalue weighted by Crippen LogP contribution is -2.13. The Morgan fingerprint density at radius 2 is 1.75 bits per heavy atom. The molecule has 0 aliphatic carbocycles. The van der Waals surface area contributed by atoms with E-state index in [4.69, 9.17) is 11.6 Å². The molecule has 0 fully saturated rings. The van der Waals surface area contributed by atoms with E-state index in [0.29, 0.717) is 16.8 Å². The first kappa shape index (κ1) is 16.4. The molecule has 0 radical (unpaired) electrons. The molecule has 1 heterocycles. The minimum Gasteiger partial charge on any atom is -0.276 e. The molecule has 0 spiro atoms. The predicted molar refractivity (Wildman–Crippen MR) is 85.7 cm³/mol. The summed E-state index contributed by atoms with van der Waals surface area (Å²) in [5.41, 5.74) is 0.681. The van der Waals surface area contributed by atoms with E-state index < -0.39 is 26.6 Å². The molecule has 1 N–H and O–H groups in total. The molecule has 9 heteroatoms. The van der Waals surface area contributed by atoms with Gasteiger partial charge in [0.15, 0.2) is 0 Å². The zero-order valence-corrected chi connectivity index (χ0v) is 13.5. The highest BCUT2D eigenvalue weighted by Crippen LogP contribution is 2.22. The van der Waals surface area contributed by atoms with Gasteiger partial charge in [-0.25, -0.2) is 21.9 Å². The van der Waals surface area contributed by atoms with Gasteiger partial charge in [0.25, 0.3) is 10.0 Å². The number of benzene rings is 2. The van der Waals surface area contributed by atoms with Crippen molar-refractivity contribution in [2.75, 3.05) is 4.72 Å². The quantitative estimate of drug-likeness (QED) is 0.764. The van der Waals surface area contributed by atoms with E-state index in [-0.39, 0.29) is 5.69 Å². The summed E-state index contributed by atoms with van der Waals surface area (Å²) in [7, 11) is -4.15. The third-order valence-electron chi connectivity index (χ3n) is 3.08. The second kappa shape index (κ2) is 6.21. The molecule has 2 aromatic carbocycles. The van der Waals surface area contributed by atoms with Gasteiger partial charge in [0.1, 0.15) is 11.6 Å². The van der Waals surface area contributed by atoms with Crippen LogP contribution >= 0.6 is 11.6 Å². The molecule has 124 valence electrons. The van der Waals surface area contributed by atoms with E-state index in [0.717, 1.165) is 12.1 Å². The highest BCUT2D eigenvalue weighted by Gasteiger charge is 2.18. The van der Waals surface area contributed by atoms with Crippen LogP contribution in [0.1, 0.15) is 0 Å². The van der Waals surface area contributed by atoms with Crippen molar-refractivity contribution in [3.05, 3.63) is 71.5 Å². The van der Waals surface area contributed by atoms with Crippen molar-refractivity contribution >= 4 is 27.3 Å². The van der Waals surface area contributed by atoms with Crippen molar-refractivity contribution in [1.82, 2.24) is 9.78 Å². The number of nitrogens with one attached hydrogen (secondary N) is 1. The molecule has 0 amide bonds. The summed E-state index contributed by atoms with van der Waals surface area (Å²) in [6, 6.07) is 8.91. The van der Waals surface area contributed by atoms with Crippen LogP contribution in [0.4, 0.5) is 14.5 Å². The van der Waals surface area contributed by atoms with Crippen LogP contribution in [0.2, 0.25) is 5.02 Å². The fourth-order valence-electron chi connectivity index (χ4n) is 2.04. The SMILES string of the molecule is O=S(=O)(Nc1cnn(-c2ccccc2Cl)c1)c1cc(F)cc(F)c1. The average Bonchev–Trinajstić information content (AvgIpc) is 2.94. The standard InChI is InChI=1S/C15H10ClF2N3O2S/c16-14-3-1-2-4-15(14)21-9-12(8-19-21)20-24(22,23)13-6-10(17)5-11(18)7-13/h1-9,20H. The lowest BCUT2D eigenvalue weighted by molar-refractivity contribution is 0.568. The summed E-state index contributed by atoms with van der Waals surface area (Å²) in [5.74, 6) is -1.97. The number of anilines is 1. The zero-order valence-electron chi connectivity index (χ0n) is 11.9. The summed E-state index contributed by atoms with van der Waals surface area (Å²) in [4.78, 5) is -0.523. The van der Waals surface area contributed by atoms with Gasteiger partial charge in [0.2, 0.25) is 0 Å². The normalized spacial score (nSPS) is 11.5. The summed E-state index contributed by atoms with van der Waals surface area (Å²) in [6.07, 6.45) is 2.66. The molecule has 1 aromatic heterocycles. The first-order valence-electron chi connectivity index (χ1n) is 6.64. The second-order valence-electron chi connectivity index (χ2n) is 4.84. The molecular formula is C15H10ClF2N3O2S. The third kappa shape index (κ3) is 3.39. The van der Waals surface area contributed by atoms with Crippen LogP contribution in [0.15, 0.2) is 59.8 Å². The molecule has 0 aliphatic heterocycles. The van der Waals surface area contributed by atoms with E-state index in [1.807, 2.05) is 0 Å². The van der Waals surface area contributed by atoms with Crippen LogP contribution in [0.25, 0.3) is 5.69 Å². The van der Waals surface area contributed by atoms with Crippen molar-refractivity contribution in [2.24, 2.45) is 0 Å². The third-order valence-corrected chi connectivity index (χ3v) is 4.76. The summed E-state index contributed by atoms with van der Waals surface area (Å²) in [6.45, 7) is 0. The van der Waals surface area contributed by atoms with E-state index >= 15 is 0 Å². The smallest absolute Gasteiger partial charge is 0.262 e. The van der Waals surface area contributed by atoms with Crippen LogP contribution in [0.5, 0.6) is 0 Å². The highest BCUT2D eigenvalue weighted by atomic mass is 35.5. The topological polar surface area (TPSA) is 64.0 Å². The lowest BCUT2D eigenvalue weighted by atomic mass is 10.3. The Kier molecular flexibility index (Phi) is 4.25. The summed E-state index contributed by atoms with van der Waals surface area (Å²) >= 11 is 6.05. The van der Waals surface area contributed by atoms with E-state index in [9.17, 15) is 17.2 Å². The molecule has 0 saturated carbocycles. The minimum absolute atomic E-state index is 0.125. The first-order chi connectivity index (χ1) is 11.3. The van der Waals surface area contributed by atoms with Crippen LogP contribution in [-0.2, 0) is 10.0 Å². The molecule has 3 rings (SSSR count). The van der Waals surface area contributed by atoms with Gasteiger partial charge >= 0.3 is 0 Å². The Morgan fingerprint density at radius 3 is 2.42 bits per heavy atom. The highest BCUT2D eigenvalue weighted by molar-refractivity contribution is 7.92. The molecule has 0 bridgehead atoms. The van der Waals surface area contributed by atoms with Gasteiger partial charge in [-0.1, -0.05) is 23.7 Å². The van der Waals surface area contributed by atoms with Crippen LogP contribution in [-0.4, -0.2) is 18.2 Å². The van der Waals surface area contributed by atoms with Gasteiger partial charge in [-0.2, -0.15) is 5.10 Å². The van der Waals surface area contributed by atoms with Gasteiger partial charge < -0.3 is 0 Å². The Balaban J connectivity index is 1.90. The maximum absolute atomic E-state index is 13.2. The number of para-hydroxylation sites is 1. The number of halogens is 3. The van der Waals surface area contributed by atoms with Gasteiger partial charge in [0, 0.05) is 6.07 Å². The Morgan fingerprint density at radius 1 is 1.08 bits per heavy atom. The number of hydrogen-bond donors (Lipinski definition) is 1. The number of rotatable bonds is 4. The van der Waals surface area contributed by atoms with E-state index in [2.05, 4.69) is 9.82 Å². The molecule has 0 unspecified atom stereocenters. The van der Waals surface area contributed by atoms with Gasteiger partial charge in [-0.15, -0.1) is 0 Å². The van der Waals surface area contributed by atoms with Gasteiger partial charge in [-0.05, 0) is 24.3 Å². The Labute approximate surface area is 141 Å². The molecule has 5 nitrogen and oxygen atoms in total. The van der Waals surface area contributed by atoms with Crippen molar-refractivity contribution in [2.45, 2.75) is 4.90 Å². The Hall–Kier alpha value is -2.45. The largest absolute Gasteiger partial charge is 0.276 e. The van der Waals surface area contributed by atoms with Gasteiger partial charge in [0.05, 0.1) is 33.7 Å². The van der Waals surface area contributed by atoms with Crippen molar-refractivity contribution in [1.29, 1.82) is 0 Å². The molecular weight excluding hydrogens is 360 g/mol. The zero-order chi connectivity index (χ0) is 17.3. The molecule has 0 atom stereocenters. The van der Waals surface area contributed by atoms with Crippen molar-refractivity contribution in [3.8, 4) is 5.69 Å². The van der Waals surface area contributed by atoms with Crippen molar-refractivity contribution in [3.63, 3.8) is 0 Å². The molecule has 0 aliphatic rings. The van der Waals surface area contributed by atoms with E-state index in [1.165, 1.54) is 17.1 Å². The summed E-state index contributed by atoms with van der Waals surface area (Å²) < 4.78 is 54.4. The maximum Gasteiger partial charge on any atom is 0.262 e. The first-order valence-corrected chi connectivity index (χ1v) is 8.50. The van der Waals surface area contributed by atoms with E-state index in [1.54, 1.807) is 24.3 Å². The number of sulfonamides is 1. The maximum atomic E-state index is 13.2. The summed E-state index contributed by atoms with van der Waals surface area (Å²) in [5, 5.41) is 4.45. The minimum atomic E-state index is -4.15. The Bertz CT molecular complexity index is 985. The van der Waals surface area contributed by atoms with Crippen LogP contribution < -0.4 is 4.72 Å².